The van der Waals surface area contributed by atoms with Gasteiger partial charge in [-0.15, -0.1) is 0 Å². The van der Waals surface area contributed by atoms with Crippen LogP contribution in [0.15, 0.2) is 0 Å². The van der Waals surface area contributed by atoms with Gasteiger partial charge in [0.2, 0.25) is 5.91 Å². The Morgan fingerprint density at radius 3 is 2.79 bits per heavy atom. The minimum Gasteiger partial charge on any atom is -0.377 e. The molecular weight excluding hydrogens is 244 g/mol. The Labute approximate surface area is 114 Å². The monoisotopic (exact) mass is 268 g/mol. The van der Waals surface area contributed by atoms with Crippen molar-refractivity contribution in [1.82, 2.24) is 4.90 Å². The molecule has 1 amide bonds. The Morgan fingerprint density at radius 1 is 1.37 bits per heavy atom. The number of carbonyl (C=O) groups excluding carboxylic acids is 1. The molecule has 0 aromatic rings. The topological polar surface area (TPSA) is 64.8 Å². The molecule has 2 saturated heterocycles. The summed E-state index contributed by atoms with van der Waals surface area (Å²) in [6, 6.07) is 0.110. The van der Waals surface area contributed by atoms with Crippen molar-refractivity contribution in [2.24, 2.45) is 17.1 Å². The van der Waals surface area contributed by atoms with Gasteiger partial charge in [0.1, 0.15) is 5.54 Å². The van der Waals surface area contributed by atoms with Crippen LogP contribution in [0.5, 0.6) is 0 Å². The molecule has 4 atom stereocenters. The molecule has 19 heavy (non-hydrogen) atoms. The zero-order chi connectivity index (χ0) is 13.8. The molecule has 5 heteroatoms. The van der Waals surface area contributed by atoms with Crippen LogP contribution in [0.4, 0.5) is 0 Å². The molecule has 3 fully saturated rings. The average molecular weight is 268 g/mol. The van der Waals surface area contributed by atoms with Gasteiger partial charge in [-0.05, 0) is 13.3 Å². The highest BCUT2D eigenvalue weighted by Crippen LogP contribution is 2.58. The summed E-state index contributed by atoms with van der Waals surface area (Å²) in [5.74, 6) is 0.255. The normalized spacial score (nSPS) is 44.6. The van der Waals surface area contributed by atoms with Crippen LogP contribution < -0.4 is 5.73 Å². The van der Waals surface area contributed by atoms with Crippen LogP contribution in [0.3, 0.4) is 0 Å². The maximum atomic E-state index is 13.0. The second kappa shape index (κ2) is 4.17. The highest BCUT2D eigenvalue weighted by atomic mass is 16.5. The molecule has 0 radical (unpaired) electrons. The standard InChI is InChI=1S/C14H24N2O3/c1-9-8-18-7-5-16(9)12(17)14(15)10-4-6-19-11(10)13(14,2)3/h9-11H,4-8,15H2,1-3H3/t9-,10?,11?,14?/m1/s1. The Hall–Kier alpha value is -0.650. The van der Waals surface area contributed by atoms with E-state index >= 15 is 0 Å². The van der Waals surface area contributed by atoms with Gasteiger partial charge in [-0.1, -0.05) is 13.8 Å². The van der Waals surface area contributed by atoms with Crippen molar-refractivity contribution in [3.63, 3.8) is 0 Å². The van der Waals surface area contributed by atoms with Crippen LogP contribution in [0.2, 0.25) is 0 Å². The fraction of sp³-hybridized carbons (Fsp3) is 0.929. The molecule has 2 N–H and O–H groups in total. The summed E-state index contributed by atoms with van der Waals surface area (Å²) in [6.45, 7) is 8.72. The molecule has 2 heterocycles. The smallest absolute Gasteiger partial charge is 0.244 e. The number of nitrogens with two attached hydrogens (primary N) is 1. The molecule has 2 aliphatic heterocycles. The zero-order valence-corrected chi connectivity index (χ0v) is 12.0. The molecule has 0 bridgehead atoms. The van der Waals surface area contributed by atoms with Crippen LogP contribution in [-0.2, 0) is 14.3 Å². The van der Waals surface area contributed by atoms with E-state index in [9.17, 15) is 4.79 Å². The molecule has 1 aliphatic carbocycles. The average Bonchev–Trinajstić information content (AvgIpc) is 2.85. The predicted octanol–water partition coefficient (Wildman–Crippen LogP) is 0.376. The lowest BCUT2D eigenvalue weighted by molar-refractivity contribution is -0.189. The third kappa shape index (κ3) is 1.55. The van der Waals surface area contributed by atoms with E-state index in [1.165, 1.54) is 0 Å². The van der Waals surface area contributed by atoms with E-state index in [-0.39, 0.29) is 29.4 Å². The number of fused-ring (bicyclic) bond motifs is 1. The first-order valence-corrected chi connectivity index (χ1v) is 7.20. The van der Waals surface area contributed by atoms with Crippen molar-refractivity contribution in [3.8, 4) is 0 Å². The second-order valence-corrected chi connectivity index (χ2v) is 6.70. The fourth-order valence-corrected chi connectivity index (χ4v) is 4.08. The maximum absolute atomic E-state index is 13.0. The number of amides is 1. The van der Waals surface area contributed by atoms with Crippen molar-refractivity contribution in [2.75, 3.05) is 26.4 Å². The molecule has 5 nitrogen and oxygen atoms in total. The number of hydrogen-bond donors (Lipinski definition) is 1. The first-order chi connectivity index (χ1) is 8.90. The number of nitrogens with zero attached hydrogens (tertiary/aromatic N) is 1. The van der Waals surface area contributed by atoms with E-state index in [0.717, 1.165) is 13.0 Å². The van der Waals surface area contributed by atoms with Gasteiger partial charge in [0.05, 0.1) is 25.4 Å². The number of rotatable bonds is 1. The molecule has 3 aliphatic rings. The summed E-state index contributed by atoms with van der Waals surface area (Å²) in [4.78, 5) is 14.9. The van der Waals surface area contributed by atoms with Gasteiger partial charge >= 0.3 is 0 Å². The molecular formula is C14H24N2O3. The maximum Gasteiger partial charge on any atom is 0.244 e. The SMILES string of the molecule is C[C@@H]1COCCN1C(=O)C1(N)C2CCOC2C1(C)C. The Balaban J connectivity index is 1.86. The minimum absolute atomic E-state index is 0.0834. The number of hydrogen-bond acceptors (Lipinski definition) is 4. The summed E-state index contributed by atoms with van der Waals surface area (Å²) in [5.41, 5.74) is 5.52. The Bertz CT molecular complexity index is 398. The van der Waals surface area contributed by atoms with E-state index in [1.54, 1.807) is 0 Å². The van der Waals surface area contributed by atoms with Crippen molar-refractivity contribution in [3.05, 3.63) is 0 Å². The van der Waals surface area contributed by atoms with Crippen LogP contribution in [-0.4, -0.2) is 54.9 Å². The van der Waals surface area contributed by atoms with Crippen LogP contribution >= 0.6 is 0 Å². The van der Waals surface area contributed by atoms with Gasteiger partial charge in [-0.2, -0.15) is 0 Å². The summed E-state index contributed by atoms with van der Waals surface area (Å²) in [5, 5.41) is 0. The largest absolute Gasteiger partial charge is 0.377 e. The van der Waals surface area contributed by atoms with Crippen molar-refractivity contribution in [1.29, 1.82) is 0 Å². The highest BCUT2D eigenvalue weighted by Gasteiger charge is 2.72. The van der Waals surface area contributed by atoms with Gasteiger partial charge in [0, 0.05) is 24.5 Å². The predicted molar refractivity (Wildman–Crippen MR) is 70.5 cm³/mol. The Kier molecular flexibility index (Phi) is 2.93. The lowest BCUT2D eigenvalue weighted by Crippen LogP contribution is -2.81. The van der Waals surface area contributed by atoms with Gasteiger partial charge in [-0.25, -0.2) is 0 Å². The molecule has 3 rings (SSSR count). The zero-order valence-electron chi connectivity index (χ0n) is 12.0. The van der Waals surface area contributed by atoms with Gasteiger partial charge < -0.3 is 20.1 Å². The summed E-state index contributed by atoms with van der Waals surface area (Å²) < 4.78 is 11.2. The van der Waals surface area contributed by atoms with E-state index in [1.807, 2.05) is 11.8 Å². The molecule has 108 valence electrons. The van der Waals surface area contributed by atoms with Crippen LogP contribution in [0.1, 0.15) is 27.2 Å². The van der Waals surface area contributed by atoms with Gasteiger partial charge in [-0.3, -0.25) is 4.79 Å². The lowest BCUT2D eigenvalue weighted by atomic mass is 9.47. The van der Waals surface area contributed by atoms with Gasteiger partial charge in [0.25, 0.3) is 0 Å². The number of ether oxygens (including phenoxy) is 2. The number of carbonyl (C=O) groups is 1. The molecule has 0 spiro atoms. The van der Waals surface area contributed by atoms with Crippen molar-refractivity contribution in [2.45, 2.75) is 44.9 Å². The van der Waals surface area contributed by atoms with Crippen molar-refractivity contribution >= 4 is 5.91 Å². The fourth-order valence-electron chi connectivity index (χ4n) is 4.08. The van der Waals surface area contributed by atoms with Gasteiger partial charge in [0.15, 0.2) is 0 Å². The third-order valence-electron chi connectivity index (χ3n) is 5.44. The lowest BCUT2D eigenvalue weighted by Gasteiger charge is -2.62. The first-order valence-electron chi connectivity index (χ1n) is 7.20. The van der Waals surface area contributed by atoms with E-state index < -0.39 is 5.54 Å². The second-order valence-electron chi connectivity index (χ2n) is 6.70. The minimum atomic E-state index is -0.778. The van der Waals surface area contributed by atoms with E-state index in [2.05, 4.69) is 13.8 Å². The molecule has 0 aromatic carbocycles. The molecule has 1 saturated carbocycles. The van der Waals surface area contributed by atoms with Crippen LogP contribution in [0.25, 0.3) is 0 Å². The highest BCUT2D eigenvalue weighted by molar-refractivity contribution is 5.90. The molecule has 0 aromatic heterocycles. The van der Waals surface area contributed by atoms with E-state index in [0.29, 0.717) is 19.8 Å². The quantitative estimate of drug-likeness (QED) is 0.746. The summed E-state index contributed by atoms with van der Waals surface area (Å²) in [6.07, 6.45) is 1.03. The summed E-state index contributed by atoms with van der Waals surface area (Å²) in [7, 11) is 0. The summed E-state index contributed by atoms with van der Waals surface area (Å²) >= 11 is 0. The van der Waals surface area contributed by atoms with E-state index in [4.69, 9.17) is 15.2 Å². The Morgan fingerprint density at radius 2 is 2.11 bits per heavy atom. The molecule has 3 unspecified atom stereocenters. The first kappa shape index (κ1) is 13.3. The van der Waals surface area contributed by atoms with Crippen LogP contribution in [0, 0.1) is 11.3 Å². The number of morpholine rings is 1. The van der Waals surface area contributed by atoms with Crippen molar-refractivity contribution < 1.29 is 14.3 Å². The third-order valence-corrected chi connectivity index (χ3v) is 5.44.